The van der Waals surface area contributed by atoms with Crippen LogP contribution in [0.15, 0.2) is 42.5 Å². The Morgan fingerprint density at radius 3 is 2.23 bits per heavy atom. The molecule has 1 atom stereocenters. The summed E-state index contributed by atoms with van der Waals surface area (Å²) in [5.74, 6) is 0.987. The Morgan fingerprint density at radius 2 is 1.67 bits per heavy atom. The van der Waals surface area contributed by atoms with E-state index in [1.54, 1.807) is 32.4 Å². The number of ether oxygens (including phenoxy) is 3. The Morgan fingerprint density at radius 1 is 1.03 bits per heavy atom. The van der Waals surface area contributed by atoms with Crippen LogP contribution in [0, 0.1) is 0 Å². The third kappa shape index (κ3) is 7.90. The summed E-state index contributed by atoms with van der Waals surface area (Å²) in [6, 6.07) is 10.1. The molecule has 0 heterocycles. The molecule has 10 heteroatoms. The molecular formula is C20H24ClF3N2O4. The van der Waals surface area contributed by atoms with Gasteiger partial charge in [0.1, 0.15) is 17.2 Å². The average molecular weight is 449 g/mol. The van der Waals surface area contributed by atoms with Gasteiger partial charge >= 0.3 is 12.4 Å². The summed E-state index contributed by atoms with van der Waals surface area (Å²) in [5, 5.41) is 5.53. The predicted octanol–water partition coefficient (Wildman–Crippen LogP) is 4.63. The Labute approximate surface area is 179 Å². The zero-order valence-corrected chi connectivity index (χ0v) is 17.5. The van der Waals surface area contributed by atoms with E-state index in [0.29, 0.717) is 24.5 Å². The van der Waals surface area contributed by atoms with E-state index in [2.05, 4.69) is 15.4 Å². The van der Waals surface area contributed by atoms with Gasteiger partial charge in [-0.25, -0.2) is 4.79 Å². The van der Waals surface area contributed by atoms with Crippen molar-refractivity contribution >= 4 is 18.4 Å². The van der Waals surface area contributed by atoms with Crippen LogP contribution in [0.4, 0.5) is 18.0 Å². The van der Waals surface area contributed by atoms with Crippen LogP contribution < -0.4 is 24.8 Å². The largest absolute Gasteiger partial charge is 0.573 e. The van der Waals surface area contributed by atoms with Crippen LogP contribution in [0.3, 0.4) is 0 Å². The SMILES string of the molecule is COc1ccc(OC)c(C(C)NC(=O)NCCc2ccc(OC(F)(F)F)cc2)c1.Cl. The maximum atomic E-state index is 12.2. The zero-order valence-electron chi connectivity index (χ0n) is 16.7. The molecule has 0 spiro atoms. The fraction of sp³-hybridized carbons (Fsp3) is 0.350. The molecule has 0 aliphatic rings. The van der Waals surface area contributed by atoms with Crippen LogP contribution >= 0.6 is 12.4 Å². The smallest absolute Gasteiger partial charge is 0.497 e. The summed E-state index contributed by atoms with van der Waals surface area (Å²) >= 11 is 0. The summed E-state index contributed by atoms with van der Waals surface area (Å²) in [6.45, 7) is 2.13. The standard InChI is InChI=1S/C20H23F3N2O4.ClH/c1-13(17-12-16(27-2)8-9-18(17)28-3)25-19(26)24-11-10-14-4-6-15(7-5-14)29-20(21,22)23;/h4-9,12-13H,10-11H2,1-3H3,(H2,24,25,26);1H. The maximum Gasteiger partial charge on any atom is 0.573 e. The van der Waals surface area contributed by atoms with Gasteiger partial charge in [-0.15, -0.1) is 25.6 Å². The van der Waals surface area contributed by atoms with Gasteiger partial charge in [-0.2, -0.15) is 0 Å². The van der Waals surface area contributed by atoms with Crippen LogP contribution in [0.5, 0.6) is 17.2 Å². The van der Waals surface area contributed by atoms with Crippen molar-refractivity contribution in [1.82, 2.24) is 10.6 Å². The van der Waals surface area contributed by atoms with Gasteiger partial charge < -0.3 is 24.8 Å². The zero-order chi connectivity index (χ0) is 21.4. The number of methoxy groups -OCH3 is 2. The first-order chi connectivity index (χ1) is 13.7. The van der Waals surface area contributed by atoms with Crippen molar-refractivity contribution in [1.29, 1.82) is 0 Å². The molecule has 2 rings (SSSR count). The lowest BCUT2D eigenvalue weighted by Gasteiger charge is -2.18. The molecule has 2 N–H and O–H groups in total. The summed E-state index contributed by atoms with van der Waals surface area (Å²) < 4.78 is 50.8. The number of nitrogens with one attached hydrogen (secondary N) is 2. The van der Waals surface area contributed by atoms with Crippen LogP contribution in [0.1, 0.15) is 24.1 Å². The van der Waals surface area contributed by atoms with E-state index >= 15 is 0 Å². The lowest BCUT2D eigenvalue weighted by Crippen LogP contribution is -2.38. The molecule has 0 aromatic heterocycles. The van der Waals surface area contributed by atoms with Gasteiger partial charge in [0.2, 0.25) is 0 Å². The molecule has 0 saturated carbocycles. The van der Waals surface area contributed by atoms with Gasteiger partial charge in [-0.05, 0) is 49.2 Å². The molecule has 2 amide bonds. The molecule has 6 nitrogen and oxygen atoms in total. The Bertz CT molecular complexity index is 817. The first-order valence-electron chi connectivity index (χ1n) is 8.83. The first kappa shape index (κ1) is 25.2. The van der Waals surface area contributed by atoms with Crippen molar-refractivity contribution in [3.05, 3.63) is 53.6 Å². The molecule has 0 bridgehead atoms. The molecule has 0 aliphatic carbocycles. The lowest BCUT2D eigenvalue weighted by molar-refractivity contribution is -0.274. The van der Waals surface area contributed by atoms with Crippen LogP contribution in [-0.4, -0.2) is 33.2 Å². The topological polar surface area (TPSA) is 68.8 Å². The summed E-state index contributed by atoms with van der Waals surface area (Å²) in [7, 11) is 3.10. The number of carbonyl (C=O) groups is 1. The monoisotopic (exact) mass is 448 g/mol. The van der Waals surface area contributed by atoms with E-state index in [1.165, 1.54) is 24.3 Å². The molecule has 2 aromatic rings. The Balaban J connectivity index is 0.00000450. The van der Waals surface area contributed by atoms with Gasteiger partial charge in [0.25, 0.3) is 0 Å². The minimum atomic E-state index is -4.72. The highest BCUT2D eigenvalue weighted by Crippen LogP contribution is 2.29. The van der Waals surface area contributed by atoms with Gasteiger partial charge in [0, 0.05) is 12.1 Å². The second kappa shape index (κ2) is 11.4. The lowest BCUT2D eigenvalue weighted by atomic mass is 10.1. The van der Waals surface area contributed by atoms with E-state index < -0.39 is 6.36 Å². The predicted molar refractivity (Wildman–Crippen MR) is 109 cm³/mol. The fourth-order valence-corrected chi connectivity index (χ4v) is 2.68. The fourth-order valence-electron chi connectivity index (χ4n) is 2.68. The van der Waals surface area contributed by atoms with Crippen molar-refractivity contribution in [2.75, 3.05) is 20.8 Å². The Kier molecular flexibility index (Phi) is 9.58. The Hall–Kier alpha value is -2.81. The molecule has 0 saturated heterocycles. The molecule has 1 unspecified atom stereocenters. The quantitative estimate of drug-likeness (QED) is 0.618. The molecule has 0 fully saturated rings. The molecule has 0 radical (unpaired) electrons. The number of urea groups is 1. The van der Waals surface area contributed by atoms with E-state index in [4.69, 9.17) is 9.47 Å². The highest BCUT2D eigenvalue weighted by atomic mass is 35.5. The third-order valence-electron chi connectivity index (χ3n) is 4.11. The van der Waals surface area contributed by atoms with Crippen LogP contribution in [0.25, 0.3) is 0 Å². The van der Waals surface area contributed by atoms with E-state index in [0.717, 1.165) is 11.1 Å². The number of carbonyl (C=O) groups excluding carboxylic acids is 1. The van der Waals surface area contributed by atoms with Crippen LogP contribution in [-0.2, 0) is 6.42 Å². The second-order valence-corrected chi connectivity index (χ2v) is 6.17. The third-order valence-corrected chi connectivity index (χ3v) is 4.11. The van der Waals surface area contributed by atoms with Crippen molar-refractivity contribution in [3.8, 4) is 17.2 Å². The molecule has 30 heavy (non-hydrogen) atoms. The number of amides is 2. The highest BCUT2D eigenvalue weighted by molar-refractivity contribution is 5.85. The number of alkyl halides is 3. The summed E-state index contributed by atoms with van der Waals surface area (Å²) in [6.07, 6.45) is -4.26. The highest BCUT2D eigenvalue weighted by Gasteiger charge is 2.30. The van der Waals surface area contributed by atoms with Gasteiger partial charge in [-0.3, -0.25) is 0 Å². The van der Waals surface area contributed by atoms with Crippen molar-refractivity contribution in [3.63, 3.8) is 0 Å². The van der Waals surface area contributed by atoms with E-state index in [-0.39, 0.29) is 30.2 Å². The molecular weight excluding hydrogens is 425 g/mol. The van der Waals surface area contributed by atoms with Crippen molar-refractivity contribution < 1.29 is 32.2 Å². The summed E-state index contributed by atoms with van der Waals surface area (Å²) in [5.41, 5.74) is 1.53. The maximum absolute atomic E-state index is 12.2. The number of hydrogen-bond acceptors (Lipinski definition) is 4. The molecule has 166 valence electrons. The normalized spacial score (nSPS) is 11.7. The van der Waals surface area contributed by atoms with Crippen molar-refractivity contribution in [2.24, 2.45) is 0 Å². The summed E-state index contributed by atoms with van der Waals surface area (Å²) in [4.78, 5) is 12.1. The number of rotatable bonds is 8. The molecule has 2 aromatic carbocycles. The van der Waals surface area contributed by atoms with E-state index in [1.807, 2.05) is 6.92 Å². The number of benzene rings is 2. The first-order valence-corrected chi connectivity index (χ1v) is 8.83. The van der Waals surface area contributed by atoms with Gasteiger partial charge in [0.05, 0.1) is 20.3 Å². The van der Waals surface area contributed by atoms with Crippen molar-refractivity contribution in [2.45, 2.75) is 25.7 Å². The minimum Gasteiger partial charge on any atom is -0.497 e. The average Bonchev–Trinajstić information content (AvgIpc) is 2.67. The minimum absolute atomic E-state index is 0. The van der Waals surface area contributed by atoms with E-state index in [9.17, 15) is 18.0 Å². The molecule has 0 aliphatic heterocycles. The number of hydrogen-bond donors (Lipinski definition) is 2. The van der Waals surface area contributed by atoms with Gasteiger partial charge in [-0.1, -0.05) is 12.1 Å². The number of halogens is 4. The van der Waals surface area contributed by atoms with Gasteiger partial charge in [0.15, 0.2) is 0 Å². The second-order valence-electron chi connectivity index (χ2n) is 6.17. The van der Waals surface area contributed by atoms with Crippen LogP contribution in [0.2, 0.25) is 0 Å².